The minimum absolute atomic E-state index is 0.0120. The number of aromatic nitrogens is 4. The topological polar surface area (TPSA) is 133 Å². The zero-order chi connectivity index (χ0) is 21.3. The zero-order valence-electron chi connectivity index (χ0n) is 15.5. The normalized spacial score (nSPS) is 10.6. The predicted octanol–water partition coefficient (Wildman–Crippen LogP) is 2.97. The van der Waals surface area contributed by atoms with Crippen LogP contribution in [-0.2, 0) is 4.74 Å². The monoisotopic (exact) mass is 404 g/mol. The second kappa shape index (κ2) is 7.48. The van der Waals surface area contributed by atoms with Gasteiger partial charge >= 0.3 is 5.97 Å². The van der Waals surface area contributed by atoms with Crippen molar-refractivity contribution in [1.82, 2.24) is 19.7 Å². The first-order chi connectivity index (χ1) is 14.5. The van der Waals surface area contributed by atoms with Crippen molar-refractivity contribution < 1.29 is 18.3 Å². The summed E-state index contributed by atoms with van der Waals surface area (Å²) in [6.07, 6.45) is 4.50. The number of carbonyl (C=O) groups excluding carboxylic acids is 1. The van der Waals surface area contributed by atoms with Crippen LogP contribution in [-0.4, -0.2) is 32.8 Å². The quantitative estimate of drug-likeness (QED) is 0.513. The summed E-state index contributed by atoms with van der Waals surface area (Å²) in [4.78, 5) is 16.2. The van der Waals surface area contributed by atoms with Crippen LogP contribution >= 0.6 is 0 Å². The minimum Gasteiger partial charge on any atom is -0.464 e. The van der Waals surface area contributed by atoms with Crippen LogP contribution in [0.1, 0.15) is 16.1 Å². The number of esters is 1. The first kappa shape index (κ1) is 18.8. The molecule has 0 spiro atoms. The maximum Gasteiger partial charge on any atom is 0.357 e. The van der Waals surface area contributed by atoms with E-state index in [1.807, 2.05) is 6.07 Å². The third-order valence-corrected chi connectivity index (χ3v) is 4.34. The predicted molar refractivity (Wildman–Crippen MR) is 103 cm³/mol. The maximum absolute atomic E-state index is 14.1. The number of benzene rings is 1. The lowest BCUT2D eigenvalue weighted by atomic mass is 10.1. The molecule has 0 fully saturated rings. The van der Waals surface area contributed by atoms with E-state index < -0.39 is 11.8 Å². The van der Waals surface area contributed by atoms with Gasteiger partial charge in [0.05, 0.1) is 29.6 Å². The number of methoxy groups -OCH3 is 1. The molecule has 0 saturated carbocycles. The molecule has 0 bridgehead atoms. The number of pyridine rings is 1. The second-order valence-electron chi connectivity index (χ2n) is 6.09. The standard InChI is InChI=1S/C20H13FN6O3/c1-29-20(28)17-16(23)12(9-22)10-27(17)15-3-2-13(21)8-14(15)19-26-25-18(30-19)11-4-6-24-7-5-11/h2-8,10H,23H2,1H3. The Hall–Kier alpha value is -4.52. The molecular weight excluding hydrogens is 391 g/mol. The van der Waals surface area contributed by atoms with Crippen molar-refractivity contribution in [3.05, 3.63) is 66.0 Å². The van der Waals surface area contributed by atoms with Crippen molar-refractivity contribution in [2.24, 2.45) is 0 Å². The van der Waals surface area contributed by atoms with E-state index in [2.05, 4.69) is 15.2 Å². The summed E-state index contributed by atoms with van der Waals surface area (Å²) < 4.78 is 25.9. The molecule has 10 heteroatoms. The lowest BCUT2D eigenvalue weighted by Gasteiger charge is -2.11. The second-order valence-corrected chi connectivity index (χ2v) is 6.09. The molecular formula is C20H13FN6O3. The average Bonchev–Trinajstić information content (AvgIpc) is 3.38. The van der Waals surface area contributed by atoms with Crippen LogP contribution in [0.3, 0.4) is 0 Å². The number of hydrogen-bond acceptors (Lipinski definition) is 8. The molecule has 0 aliphatic heterocycles. The molecule has 9 nitrogen and oxygen atoms in total. The van der Waals surface area contributed by atoms with E-state index in [4.69, 9.17) is 14.9 Å². The summed E-state index contributed by atoms with van der Waals surface area (Å²) >= 11 is 0. The highest BCUT2D eigenvalue weighted by molar-refractivity contribution is 5.96. The van der Waals surface area contributed by atoms with Crippen LogP contribution in [0.15, 0.2) is 53.3 Å². The molecule has 30 heavy (non-hydrogen) atoms. The molecule has 0 saturated heterocycles. The lowest BCUT2D eigenvalue weighted by Crippen LogP contribution is -2.11. The third-order valence-electron chi connectivity index (χ3n) is 4.34. The van der Waals surface area contributed by atoms with Crippen molar-refractivity contribution in [3.8, 4) is 34.7 Å². The van der Waals surface area contributed by atoms with Gasteiger partial charge in [0, 0.05) is 24.2 Å². The molecule has 0 radical (unpaired) electrons. The average molecular weight is 404 g/mol. The lowest BCUT2D eigenvalue weighted by molar-refractivity contribution is 0.0593. The summed E-state index contributed by atoms with van der Waals surface area (Å²) in [5.41, 5.74) is 7.02. The van der Waals surface area contributed by atoms with Crippen molar-refractivity contribution in [3.63, 3.8) is 0 Å². The number of nitrogens with two attached hydrogens (primary N) is 1. The van der Waals surface area contributed by atoms with E-state index in [9.17, 15) is 14.4 Å². The van der Waals surface area contributed by atoms with E-state index in [1.165, 1.54) is 36.1 Å². The molecule has 4 rings (SSSR count). The SMILES string of the molecule is COC(=O)c1c(N)c(C#N)cn1-c1ccc(F)cc1-c1nnc(-c2ccncc2)o1. The van der Waals surface area contributed by atoms with Gasteiger partial charge in [-0.25, -0.2) is 9.18 Å². The van der Waals surface area contributed by atoms with Gasteiger partial charge in [0.2, 0.25) is 11.8 Å². The van der Waals surface area contributed by atoms with E-state index in [0.717, 1.165) is 0 Å². The minimum atomic E-state index is -0.757. The van der Waals surface area contributed by atoms with Gasteiger partial charge < -0.3 is 19.5 Å². The largest absolute Gasteiger partial charge is 0.464 e. The number of anilines is 1. The molecule has 4 aromatic rings. The number of rotatable bonds is 4. The molecule has 3 heterocycles. The summed E-state index contributed by atoms with van der Waals surface area (Å²) in [7, 11) is 1.19. The Labute approximate surface area is 169 Å². The first-order valence-corrected chi connectivity index (χ1v) is 8.57. The fourth-order valence-electron chi connectivity index (χ4n) is 2.94. The first-order valence-electron chi connectivity index (χ1n) is 8.57. The molecule has 0 atom stereocenters. The molecule has 0 amide bonds. The number of carbonyl (C=O) groups is 1. The highest BCUT2D eigenvalue weighted by Gasteiger charge is 2.25. The number of halogens is 1. The number of nitrogen functional groups attached to an aromatic ring is 1. The van der Waals surface area contributed by atoms with Crippen molar-refractivity contribution >= 4 is 11.7 Å². The molecule has 2 N–H and O–H groups in total. The summed E-state index contributed by atoms with van der Waals surface area (Å²) in [6.45, 7) is 0. The van der Waals surface area contributed by atoms with Crippen LogP contribution in [0.25, 0.3) is 28.6 Å². The Morgan fingerprint density at radius 2 is 1.97 bits per heavy atom. The fourth-order valence-corrected chi connectivity index (χ4v) is 2.94. The molecule has 3 aromatic heterocycles. The van der Waals surface area contributed by atoms with E-state index >= 15 is 0 Å². The number of nitrogens with zero attached hydrogens (tertiary/aromatic N) is 5. The van der Waals surface area contributed by atoms with Gasteiger partial charge in [0.15, 0.2) is 5.69 Å². The number of hydrogen-bond donors (Lipinski definition) is 1. The highest BCUT2D eigenvalue weighted by atomic mass is 19.1. The van der Waals surface area contributed by atoms with Crippen LogP contribution < -0.4 is 5.73 Å². The van der Waals surface area contributed by atoms with Gasteiger partial charge in [-0.1, -0.05) is 0 Å². The van der Waals surface area contributed by atoms with E-state index in [-0.39, 0.29) is 34.3 Å². The molecule has 1 aromatic carbocycles. The van der Waals surface area contributed by atoms with Crippen molar-refractivity contribution in [2.75, 3.05) is 12.8 Å². The van der Waals surface area contributed by atoms with Crippen LogP contribution in [0, 0.1) is 17.1 Å². The van der Waals surface area contributed by atoms with Gasteiger partial charge in [-0.3, -0.25) is 4.98 Å². The molecule has 0 aliphatic rings. The van der Waals surface area contributed by atoms with Crippen LogP contribution in [0.5, 0.6) is 0 Å². The van der Waals surface area contributed by atoms with Crippen molar-refractivity contribution in [2.45, 2.75) is 0 Å². The van der Waals surface area contributed by atoms with Crippen LogP contribution in [0.4, 0.5) is 10.1 Å². The fraction of sp³-hybridized carbons (Fsp3) is 0.0500. The van der Waals surface area contributed by atoms with Crippen LogP contribution in [0.2, 0.25) is 0 Å². The summed E-state index contributed by atoms with van der Waals surface area (Å²) in [5.74, 6) is -1.09. The zero-order valence-corrected chi connectivity index (χ0v) is 15.5. The molecule has 0 unspecified atom stereocenters. The Morgan fingerprint density at radius 1 is 1.23 bits per heavy atom. The van der Waals surface area contributed by atoms with Gasteiger partial charge in [-0.15, -0.1) is 10.2 Å². The maximum atomic E-state index is 14.1. The third kappa shape index (κ3) is 3.14. The summed E-state index contributed by atoms with van der Waals surface area (Å²) in [5, 5.41) is 17.3. The van der Waals surface area contributed by atoms with Crippen molar-refractivity contribution in [1.29, 1.82) is 5.26 Å². The Balaban J connectivity index is 1.91. The number of ether oxygens (including phenoxy) is 1. The van der Waals surface area contributed by atoms with E-state index in [0.29, 0.717) is 11.3 Å². The van der Waals surface area contributed by atoms with Gasteiger partial charge in [0.1, 0.15) is 11.9 Å². The Morgan fingerprint density at radius 3 is 2.67 bits per heavy atom. The van der Waals surface area contributed by atoms with Gasteiger partial charge in [0.25, 0.3) is 0 Å². The Kier molecular flexibility index (Phi) is 4.69. The highest BCUT2D eigenvalue weighted by Crippen LogP contribution is 2.33. The molecule has 148 valence electrons. The number of nitriles is 1. The smallest absolute Gasteiger partial charge is 0.357 e. The summed E-state index contributed by atoms with van der Waals surface area (Å²) in [6, 6.07) is 9.08. The molecule has 0 aliphatic carbocycles. The van der Waals surface area contributed by atoms with E-state index in [1.54, 1.807) is 24.5 Å². The van der Waals surface area contributed by atoms with Gasteiger partial charge in [-0.2, -0.15) is 5.26 Å². The van der Waals surface area contributed by atoms with Gasteiger partial charge in [-0.05, 0) is 30.3 Å². The Bertz CT molecular complexity index is 1290.